The van der Waals surface area contributed by atoms with Crippen molar-refractivity contribution in [2.45, 2.75) is 0 Å². The molecule has 1 amide bonds. The number of nitrogens with zero attached hydrogens (tertiary/aromatic N) is 1. The number of aromatic nitrogens is 1. The monoisotopic (exact) mass is 366 g/mol. The Morgan fingerprint density at radius 2 is 1.73 bits per heavy atom. The molecule has 0 bridgehead atoms. The van der Waals surface area contributed by atoms with Crippen LogP contribution in [0, 0.1) is 0 Å². The predicted molar refractivity (Wildman–Crippen MR) is 106 cm³/mol. The van der Waals surface area contributed by atoms with Gasteiger partial charge in [-0.1, -0.05) is 6.07 Å². The standard InChI is InChI=1S/C19H18N4O2S/c1-25-17-9-7-15(8-10-17)20-19(26)22-21-18(24)14-5-4-6-16(13-14)23-11-2-3-12-23/h2-13H,1H3,(H,21,24)(H2,20,22,26). The molecular formula is C19H18N4O2S. The van der Waals surface area contributed by atoms with Crippen molar-refractivity contribution in [1.82, 2.24) is 15.4 Å². The van der Waals surface area contributed by atoms with Crippen LogP contribution < -0.4 is 20.9 Å². The smallest absolute Gasteiger partial charge is 0.269 e. The number of benzene rings is 2. The normalized spacial score (nSPS) is 10.0. The van der Waals surface area contributed by atoms with E-state index in [0.717, 1.165) is 17.1 Å². The van der Waals surface area contributed by atoms with Gasteiger partial charge in [-0.15, -0.1) is 0 Å². The molecule has 0 unspecified atom stereocenters. The van der Waals surface area contributed by atoms with Crippen LogP contribution in [0.5, 0.6) is 5.75 Å². The Bertz CT molecular complexity index is 892. The SMILES string of the molecule is COc1ccc(NC(=S)NNC(=O)c2cccc(-n3cccc3)c2)cc1. The first-order valence-corrected chi connectivity index (χ1v) is 8.31. The van der Waals surface area contributed by atoms with Crippen molar-refractivity contribution >= 4 is 28.9 Å². The van der Waals surface area contributed by atoms with Gasteiger partial charge in [0.25, 0.3) is 5.91 Å². The van der Waals surface area contributed by atoms with Gasteiger partial charge in [0.1, 0.15) is 5.75 Å². The lowest BCUT2D eigenvalue weighted by molar-refractivity contribution is 0.0944. The topological polar surface area (TPSA) is 67.3 Å². The van der Waals surface area contributed by atoms with Crippen molar-refractivity contribution < 1.29 is 9.53 Å². The maximum Gasteiger partial charge on any atom is 0.269 e. The molecule has 3 aromatic rings. The van der Waals surface area contributed by atoms with E-state index < -0.39 is 0 Å². The van der Waals surface area contributed by atoms with Gasteiger partial charge in [0.2, 0.25) is 0 Å². The maximum absolute atomic E-state index is 12.3. The van der Waals surface area contributed by atoms with Crippen LogP contribution in [0.4, 0.5) is 5.69 Å². The first kappa shape index (κ1) is 17.5. The maximum atomic E-state index is 12.3. The Hall–Kier alpha value is -3.32. The summed E-state index contributed by atoms with van der Waals surface area (Å²) in [6.07, 6.45) is 3.84. The van der Waals surface area contributed by atoms with Gasteiger partial charge in [-0.2, -0.15) is 0 Å². The van der Waals surface area contributed by atoms with Crippen molar-refractivity contribution in [3.8, 4) is 11.4 Å². The highest BCUT2D eigenvalue weighted by atomic mass is 32.1. The van der Waals surface area contributed by atoms with Crippen molar-refractivity contribution in [3.05, 3.63) is 78.6 Å². The number of hydrogen-bond donors (Lipinski definition) is 3. The molecule has 0 aliphatic heterocycles. The van der Waals surface area contributed by atoms with Crippen LogP contribution in [0.1, 0.15) is 10.4 Å². The fourth-order valence-electron chi connectivity index (χ4n) is 2.34. The molecule has 3 rings (SSSR count). The highest BCUT2D eigenvalue weighted by Crippen LogP contribution is 2.14. The minimum absolute atomic E-state index is 0.280. The van der Waals surface area contributed by atoms with Crippen molar-refractivity contribution in [2.75, 3.05) is 12.4 Å². The Kier molecular flexibility index (Phi) is 5.50. The molecule has 26 heavy (non-hydrogen) atoms. The van der Waals surface area contributed by atoms with E-state index in [1.165, 1.54) is 0 Å². The molecule has 0 spiro atoms. The van der Waals surface area contributed by atoms with E-state index in [-0.39, 0.29) is 11.0 Å². The number of nitrogens with one attached hydrogen (secondary N) is 3. The van der Waals surface area contributed by atoms with Gasteiger partial charge in [0, 0.05) is 29.3 Å². The number of methoxy groups -OCH3 is 1. The highest BCUT2D eigenvalue weighted by Gasteiger charge is 2.07. The number of anilines is 1. The van der Waals surface area contributed by atoms with Crippen molar-refractivity contribution in [3.63, 3.8) is 0 Å². The zero-order valence-corrected chi connectivity index (χ0v) is 14.9. The van der Waals surface area contributed by atoms with Crippen LogP contribution in [0.25, 0.3) is 5.69 Å². The first-order valence-electron chi connectivity index (χ1n) is 7.90. The van der Waals surface area contributed by atoms with Crippen LogP contribution >= 0.6 is 12.2 Å². The highest BCUT2D eigenvalue weighted by molar-refractivity contribution is 7.80. The number of amides is 1. The zero-order valence-electron chi connectivity index (χ0n) is 14.1. The molecule has 1 aromatic heterocycles. The fourth-order valence-corrected chi connectivity index (χ4v) is 2.51. The molecule has 1 heterocycles. The van der Waals surface area contributed by atoms with E-state index in [2.05, 4.69) is 16.2 Å². The lowest BCUT2D eigenvalue weighted by atomic mass is 10.2. The number of rotatable bonds is 4. The summed E-state index contributed by atoms with van der Waals surface area (Å²) in [6, 6.07) is 18.4. The van der Waals surface area contributed by atoms with Crippen LogP contribution in [0.15, 0.2) is 73.1 Å². The molecule has 6 nitrogen and oxygen atoms in total. The number of hydrogen-bond acceptors (Lipinski definition) is 3. The fraction of sp³-hybridized carbons (Fsp3) is 0.0526. The molecule has 0 fully saturated rings. The second-order valence-corrected chi connectivity index (χ2v) is 5.81. The van der Waals surface area contributed by atoms with E-state index in [1.807, 2.05) is 65.5 Å². The molecule has 0 saturated carbocycles. The molecule has 0 atom stereocenters. The Labute approximate surface area is 156 Å². The summed E-state index contributed by atoms with van der Waals surface area (Å²) >= 11 is 5.18. The average molecular weight is 366 g/mol. The lowest BCUT2D eigenvalue weighted by Gasteiger charge is -2.12. The molecule has 132 valence electrons. The molecule has 0 aliphatic carbocycles. The third-order valence-corrected chi connectivity index (χ3v) is 3.85. The van der Waals surface area contributed by atoms with Gasteiger partial charge in [-0.25, -0.2) is 0 Å². The van der Waals surface area contributed by atoms with Gasteiger partial charge in [0.05, 0.1) is 7.11 Å². The largest absolute Gasteiger partial charge is 0.497 e. The number of hydrazine groups is 1. The molecule has 0 radical (unpaired) electrons. The van der Waals surface area contributed by atoms with Crippen LogP contribution in [0.3, 0.4) is 0 Å². The van der Waals surface area contributed by atoms with Gasteiger partial charge in [-0.3, -0.25) is 15.6 Å². The third kappa shape index (κ3) is 4.40. The minimum Gasteiger partial charge on any atom is -0.497 e. The van der Waals surface area contributed by atoms with Crippen LogP contribution in [-0.2, 0) is 0 Å². The summed E-state index contributed by atoms with van der Waals surface area (Å²) in [4.78, 5) is 12.3. The second kappa shape index (κ2) is 8.17. The number of carbonyl (C=O) groups is 1. The van der Waals surface area contributed by atoms with Crippen molar-refractivity contribution in [1.29, 1.82) is 0 Å². The summed E-state index contributed by atoms with van der Waals surface area (Å²) in [5, 5.41) is 3.26. The van der Waals surface area contributed by atoms with Crippen LogP contribution in [-0.4, -0.2) is 22.7 Å². The molecule has 0 aliphatic rings. The third-order valence-electron chi connectivity index (χ3n) is 3.65. The summed E-state index contributed by atoms with van der Waals surface area (Å²) < 4.78 is 7.03. The number of ether oxygens (including phenoxy) is 1. The van der Waals surface area contributed by atoms with Gasteiger partial charge < -0.3 is 14.6 Å². The Morgan fingerprint density at radius 1 is 1.00 bits per heavy atom. The van der Waals surface area contributed by atoms with Gasteiger partial charge in [0.15, 0.2) is 5.11 Å². The predicted octanol–water partition coefficient (Wildman–Crippen LogP) is 3.12. The molecule has 2 aromatic carbocycles. The van der Waals surface area contributed by atoms with E-state index >= 15 is 0 Å². The summed E-state index contributed by atoms with van der Waals surface area (Å²) in [7, 11) is 1.61. The second-order valence-electron chi connectivity index (χ2n) is 5.40. The zero-order chi connectivity index (χ0) is 18.4. The van der Waals surface area contributed by atoms with Gasteiger partial charge >= 0.3 is 0 Å². The molecular weight excluding hydrogens is 348 g/mol. The van der Waals surface area contributed by atoms with Crippen molar-refractivity contribution in [2.24, 2.45) is 0 Å². The van der Waals surface area contributed by atoms with Crippen LogP contribution in [0.2, 0.25) is 0 Å². The minimum atomic E-state index is -0.280. The van der Waals surface area contributed by atoms with E-state index in [4.69, 9.17) is 17.0 Å². The summed E-state index contributed by atoms with van der Waals surface area (Å²) in [5.74, 6) is 0.475. The Morgan fingerprint density at radius 3 is 2.42 bits per heavy atom. The molecule has 7 heteroatoms. The average Bonchev–Trinajstić information content (AvgIpc) is 3.22. The molecule has 3 N–H and O–H groups in total. The number of thiocarbonyl (C=S) groups is 1. The van der Waals surface area contributed by atoms with E-state index in [9.17, 15) is 4.79 Å². The quantitative estimate of drug-likeness (QED) is 0.489. The number of carbonyl (C=O) groups excluding carboxylic acids is 1. The molecule has 0 saturated heterocycles. The summed E-state index contributed by atoms with van der Waals surface area (Å²) in [5.41, 5.74) is 7.50. The first-order chi connectivity index (χ1) is 12.7. The Balaban J connectivity index is 1.56. The summed E-state index contributed by atoms with van der Waals surface area (Å²) in [6.45, 7) is 0. The van der Waals surface area contributed by atoms with E-state index in [0.29, 0.717) is 5.56 Å². The van der Waals surface area contributed by atoms with Gasteiger partial charge in [-0.05, 0) is 66.8 Å². The lowest BCUT2D eigenvalue weighted by Crippen LogP contribution is -2.43. The van der Waals surface area contributed by atoms with E-state index in [1.54, 1.807) is 19.2 Å².